The number of nitrogens with zero attached hydrogens (tertiary/aromatic N) is 2. The van der Waals surface area contributed by atoms with Gasteiger partial charge in [0.05, 0.1) is 12.8 Å². The number of phenols is 1. The molecule has 28 heavy (non-hydrogen) atoms. The van der Waals surface area contributed by atoms with Crippen molar-refractivity contribution < 1.29 is 15.1 Å². The van der Waals surface area contributed by atoms with Crippen LogP contribution in [-0.4, -0.2) is 33.1 Å². The third-order valence-corrected chi connectivity index (χ3v) is 4.80. The summed E-state index contributed by atoms with van der Waals surface area (Å²) in [6, 6.07) is 15.1. The Hall–Kier alpha value is -3.80. The summed E-state index contributed by atoms with van der Waals surface area (Å²) in [6.07, 6.45) is 3.69. The van der Waals surface area contributed by atoms with E-state index in [0.29, 0.717) is 11.3 Å². The smallest absolute Gasteiger partial charge is 0.137 e. The molecule has 0 spiro atoms. The first-order chi connectivity index (χ1) is 13.6. The maximum Gasteiger partial charge on any atom is 0.137 e. The first kappa shape index (κ1) is 17.6. The molecule has 0 aliphatic rings. The first-order valence-electron chi connectivity index (χ1n) is 8.75. The Morgan fingerprint density at radius 3 is 2.68 bits per heavy atom. The van der Waals surface area contributed by atoms with Crippen LogP contribution in [0.15, 0.2) is 66.1 Å². The second-order valence-corrected chi connectivity index (χ2v) is 6.44. The molecule has 0 fully saturated rings. The monoisotopic (exact) mass is 373 g/mol. The summed E-state index contributed by atoms with van der Waals surface area (Å²) in [5, 5.41) is 23.2. The molecule has 4 aromatic rings. The van der Waals surface area contributed by atoms with E-state index < -0.39 is 0 Å². The first-order valence-corrected chi connectivity index (χ1v) is 8.75. The van der Waals surface area contributed by atoms with Gasteiger partial charge in [-0.15, -0.1) is 0 Å². The van der Waals surface area contributed by atoms with E-state index in [1.54, 1.807) is 32.4 Å². The molecule has 2 heterocycles. The summed E-state index contributed by atoms with van der Waals surface area (Å²) in [6.45, 7) is 1.63. The van der Waals surface area contributed by atoms with Crippen molar-refractivity contribution in [1.82, 2.24) is 9.97 Å². The van der Waals surface area contributed by atoms with Crippen molar-refractivity contribution >= 4 is 16.7 Å². The zero-order chi connectivity index (χ0) is 19.7. The van der Waals surface area contributed by atoms with Crippen LogP contribution >= 0.6 is 0 Å². The van der Waals surface area contributed by atoms with E-state index in [1.165, 1.54) is 0 Å². The molecule has 0 amide bonds. The molecule has 0 radical (unpaired) electrons. The fourth-order valence-electron chi connectivity index (χ4n) is 3.31. The van der Waals surface area contributed by atoms with Crippen LogP contribution in [0.3, 0.4) is 0 Å². The van der Waals surface area contributed by atoms with Crippen molar-refractivity contribution in [3.63, 3.8) is 0 Å². The second kappa shape index (κ2) is 7.08. The van der Waals surface area contributed by atoms with Gasteiger partial charge in [-0.25, -0.2) is 4.98 Å². The molecule has 3 N–H and O–H groups in total. The number of benzene rings is 2. The Morgan fingerprint density at radius 2 is 1.89 bits per heavy atom. The number of hydrogen-bond acceptors (Lipinski definition) is 5. The maximum absolute atomic E-state index is 10.0. The van der Waals surface area contributed by atoms with Crippen LogP contribution in [0, 0.1) is 0 Å². The number of aromatic nitrogens is 2. The van der Waals surface area contributed by atoms with Crippen molar-refractivity contribution in [2.75, 3.05) is 7.11 Å². The minimum atomic E-state index is 0.0597. The molecular formula is C22H19N3O3. The van der Waals surface area contributed by atoms with Crippen LogP contribution in [0.2, 0.25) is 0 Å². The highest BCUT2D eigenvalue weighted by molar-refractivity contribution is 6.02. The lowest BCUT2D eigenvalue weighted by Crippen LogP contribution is -1.96. The molecule has 0 aliphatic heterocycles. The van der Waals surface area contributed by atoms with Crippen molar-refractivity contribution in [2.45, 2.75) is 6.92 Å². The minimum Gasteiger partial charge on any atom is -0.507 e. The van der Waals surface area contributed by atoms with E-state index in [9.17, 15) is 5.11 Å². The average Bonchev–Trinajstić information content (AvgIpc) is 3.16. The summed E-state index contributed by atoms with van der Waals surface area (Å²) < 4.78 is 5.50. The Labute approximate surface area is 161 Å². The standard InChI is InChI=1S/C22H19N3O3/c1-13(25-27)17-9-14(7-8-20(17)26)15-10-18-19(12-24-22(18)23-11-15)16-5-3-4-6-21(16)28-2/h3-12,26-27H,1-2H3,(H,23,24)/b25-13+. The van der Waals surface area contributed by atoms with Gasteiger partial charge in [-0.1, -0.05) is 29.4 Å². The highest BCUT2D eigenvalue weighted by Gasteiger charge is 2.14. The fourth-order valence-corrected chi connectivity index (χ4v) is 3.31. The highest BCUT2D eigenvalue weighted by Crippen LogP contribution is 2.36. The van der Waals surface area contributed by atoms with E-state index in [4.69, 9.17) is 9.94 Å². The topological polar surface area (TPSA) is 90.7 Å². The number of para-hydroxylation sites is 1. The van der Waals surface area contributed by atoms with Crippen molar-refractivity contribution in [3.8, 4) is 33.8 Å². The van der Waals surface area contributed by atoms with Gasteiger partial charge < -0.3 is 20.0 Å². The maximum atomic E-state index is 10.0. The number of ether oxygens (including phenoxy) is 1. The number of rotatable bonds is 4. The zero-order valence-electron chi connectivity index (χ0n) is 15.5. The molecule has 6 heteroatoms. The molecule has 0 bridgehead atoms. The summed E-state index contributed by atoms with van der Waals surface area (Å²) in [5.41, 5.74) is 5.30. The van der Waals surface area contributed by atoms with E-state index >= 15 is 0 Å². The molecule has 0 saturated heterocycles. The van der Waals surface area contributed by atoms with Crippen LogP contribution in [-0.2, 0) is 0 Å². The Morgan fingerprint density at radius 1 is 1.07 bits per heavy atom. The predicted molar refractivity (Wildman–Crippen MR) is 109 cm³/mol. The van der Waals surface area contributed by atoms with Gasteiger partial charge in [-0.05, 0) is 36.8 Å². The van der Waals surface area contributed by atoms with Gasteiger partial charge in [-0.3, -0.25) is 0 Å². The lowest BCUT2D eigenvalue weighted by Gasteiger charge is -2.09. The van der Waals surface area contributed by atoms with Gasteiger partial charge in [0.1, 0.15) is 17.1 Å². The number of hydrogen-bond donors (Lipinski definition) is 3. The highest BCUT2D eigenvalue weighted by atomic mass is 16.5. The number of methoxy groups -OCH3 is 1. The molecule has 0 atom stereocenters. The number of fused-ring (bicyclic) bond motifs is 1. The molecular weight excluding hydrogens is 354 g/mol. The number of H-pyrrole nitrogens is 1. The average molecular weight is 373 g/mol. The predicted octanol–water partition coefficient (Wildman–Crippen LogP) is 4.81. The van der Waals surface area contributed by atoms with Gasteiger partial charge in [-0.2, -0.15) is 0 Å². The van der Waals surface area contributed by atoms with Gasteiger partial charge >= 0.3 is 0 Å². The van der Waals surface area contributed by atoms with Crippen molar-refractivity contribution in [3.05, 3.63) is 66.5 Å². The molecule has 2 aromatic heterocycles. The van der Waals surface area contributed by atoms with E-state index in [-0.39, 0.29) is 5.75 Å². The fraction of sp³-hybridized carbons (Fsp3) is 0.0909. The SMILES string of the molecule is COc1ccccc1-c1c[nH]c2ncc(-c3ccc(O)c(/C(C)=N/O)c3)cc12. The molecule has 140 valence electrons. The minimum absolute atomic E-state index is 0.0597. The van der Waals surface area contributed by atoms with Crippen LogP contribution in [0.1, 0.15) is 12.5 Å². The summed E-state index contributed by atoms with van der Waals surface area (Å²) in [5.74, 6) is 0.847. The molecule has 2 aromatic carbocycles. The van der Waals surface area contributed by atoms with Crippen LogP contribution < -0.4 is 4.74 Å². The van der Waals surface area contributed by atoms with E-state index in [0.717, 1.165) is 39.0 Å². The second-order valence-electron chi connectivity index (χ2n) is 6.44. The van der Waals surface area contributed by atoms with E-state index in [1.807, 2.05) is 42.6 Å². The molecule has 6 nitrogen and oxygen atoms in total. The molecule has 4 rings (SSSR count). The van der Waals surface area contributed by atoms with Gasteiger partial charge in [0.25, 0.3) is 0 Å². The third kappa shape index (κ3) is 2.95. The quantitative estimate of drug-likeness (QED) is 0.272. The number of aromatic amines is 1. The van der Waals surface area contributed by atoms with Crippen LogP contribution in [0.4, 0.5) is 0 Å². The molecule has 0 unspecified atom stereocenters. The van der Waals surface area contributed by atoms with Crippen LogP contribution in [0.5, 0.6) is 11.5 Å². The third-order valence-electron chi connectivity index (χ3n) is 4.80. The summed E-state index contributed by atoms with van der Waals surface area (Å²) in [7, 11) is 1.65. The largest absolute Gasteiger partial charge is 0.507 e. The van der Waals surface area contributed by atoms with Gasteiger partial charge in [0.15, 0.2) is 0 Å². The Balaban J connectivity index is 1.87. The van der Waals surface area contributed by atoms with Crippen molar-refractivity contribution in [2.24, 2.45) is 5.16 Å². The van der Waals surface area contributed by atoms with Crippen molar-refractivity contribution in [1.29, 1.82) is 0 Å². The number of oxime groups is 1. The summed E-state index contributed by atoms with van der Waals surface area (Å²) in [4.78, 5) is 7.74. The number of pyridine rings is 1. The Bertz CT molecular complexity index is 1190. The Kier molecular flexibility index (Phi) is 4.45. The molecule has 0 aliphatic carbocycles. The lowest BCUT2D eigenvalue weighted by molar-refractivity contribution is 0.318. The number of aromatic hydroxyl groups is 1. The zero-order valence-corrected chi connectivity index (χ0v) is 15.5. The lowest BCUT2D eigenvalue weighted by atomic mass is 9.99. The number of phenolic OH excluding ortho intramolecular Hbond substituents is 1. The number of nitrogens with one attached hydrogen (secondary N) is 1. The normalized spacial score (nSPS) is 11.7. The van der Waals surface area contributed by atoms with E-state index in [2.05, 4.69) is 15.1 Å². The summed E-state index contributed by atoms with van der Waals surface area (Å²) >= 11 is 0. The van der Waals surface area contributed by atoms with Gasteiger partial charge in [0.2, 0.25) is 0 Å². The van der Waals surface area contributed by atoms with Gasteiger partial charge in [0, 0.05) is 40.0 Å². The molecule has 0 saturated carbocycles. The van der Waals surface area contributed by atoms with Crippen LogP contribution in [0.25, 0.3) is 33.3 Å².